The summed E-state index contributed by atoms with van der Waals surface area (Å²) in [7, 11) is 0. The molecule has 2 aromatic rings. The zero-order valence-corrected chi connectivity index (χ0v) is 10.5. The summed E-state index contributed by atoms with van der Waals surface area (Å²) in [5.41, 5.74) is 2.61. The highest BCUT2D eigenvalue weighted by Gasteiger charge is 2.26. The Morgan fingerprint density at radius 3 is 2.76 bits per heavy atom. The van der Waals surface area contributed by atoms with E-state index in [0.29, 0.717) is 5.56 Å². The van der Waals surface area contributed by atoms with Gasteiger partial charge in [0.25, 0.3) is 0 Å². The molecule has 0 atom stereocenters. The summed E-state index contributed by atoms with van der Waals surface area (Å²) in [6, 6.07) is 2.01. The normalized spacial score (nSPS) is 14.9. The van der Waals surface area contributed by atoms with E-state index >= 15 is 0 Å². The molecule has 3 heterocycles. The van der Waals surface area contributed by atoms with E-state index in [-0.39, 0.29) is 11.6 Å². The van der Waals surface area contributed by atoms with Crippen LogP contribution in [0.3, 0.4) is 0 Å². The van der Waals surface area contributed by atoms with Gasteiger partial charge in [0.1, 0.15) is 5.75 Å². The van der Waals surface area contributed by atoms with Crippen LogP contribution < -0.4 is 0 Å². The smallest absolute Gasteiger partial charge is 0.204 e. The third-order valence-electron chi connectivity index (χ3n) is 3.45. The van der Waals surface area contributed by atoms with E-state index in [9.17, 15) is 10.2 Å². The van der Waals surface area contributed by atoms with Crippen LogP contribution in [0.25, 0.3) is 10.4 Å². The number of fused-ring (bicyclic) bond motifs is 1. The molecule has 0 saturated carbocycles. The summed E-state index contributed by atoms with van der Waals surface area (Å²) in [5, 5.41) is 22.5. The summed E-state index contributed by atoms with van der Waals surface area (Å²) in [4.78, 5) is 0.974. The minimum Gasteiger partial charge on any atom is -0.505 e. The lowest BCUT2D eigenvalue weighted by atomic mass is 10.1. The first-order valence-electron chi connectivity index (χ1n) is 5.88. The third kappa shape index (κ3) is 1.47. The van der Waals surface area contributed by atoms with Gasteiger partial charge in [-0.05, 0) is 43.2 Å². The standard InChI is InChI=1S/C13H15NO2S/c1-8-5-7-17-12(8)10-11(15)9-4-2-3-6-14(9)13(10)16/h5,7,15-16H,2-4,6H2,1H3. The van der Waals surface area contributed by atoms with Crippen LogP contribution in [0, 0.1) is 6.92 Å². The summed E-state index contributed by atoms with van der Waals surface area (Å²) in [5.74, 6) is 0.496. The molecule has 0 saturated heterocycles. The molecule has 0 amide bonds. The second-order valence-electron chi connectivity index (χ2n) is 4.54. The monoisotopic (exact) mass is 249 g/mol. The van der Waals surface area contributed by atoms with E-state index in [2.05, 4.69) is 0 Å². The number of thiophene rings is 1. The molecule has 3 nitrogen and oxygen atoms in total. The van der Waals surface area contributed by atoms with Crippen molar-refractivity contribution in [3.8, 4) is 22.1 Å². The lowest BCUT2D eigenvalue weighted by molar-refractivity contribution is 0.391. The van der Waals surface area contributed by atoms with Crippen LogP contribution >= 0.6 is 11.3 Å². The van der Waals surface area contributed by atoms with Crippen LogP contribution in [0.4, 0.5) is 0 Å². The molecule has 2 aromatic heterocycles. The largest absolute Gasteiger partial charge is 0.505 e. The Bertz CT molecular complexity index is 539. The molecular weight excluding hydrogens is 234 g/mol. The number of aromatic nitrogens is 1. The van der Waals surface area contributed by atoms with Gasteiger partial charge in [-0.3, -0.25) is 0 Å². The molecule has 0 unspecified atom stereocenters. The molecule has 4 heteroatoms. The lowest BCUT2D eigenvalue weighted by Crippen LogP contribution is -2.08. The maximum atomic E-state index is 10.3. The summed E-state index contributed by atoms with van der Waals surface area (Å²) in [6.07, 6.45) is 3.00. The van der Waals surface area contributed by atoms with Crippen molar-refractivity contribution < 1.29 is 10.2 Å². The van der Waals surface area contributed by atoms with Gasteiger partial charge in [-0.1, -0.05) is 0 Å². The van der Waals surface area contributed by atoms with E-state index in [1.807, 2.05) is 22.9 Å². The Kier molecular flexibility index (Phi) is 2.40. The Balaban J connectivity index is 2.24. The fraction of sp³-hybridized carbons (Fsp3) is 0.385. The van der Waals surface area contributed by atoms with Crippen molar-refractivity contribution in [1.82, 2.24) is 4.57 Å². The van der Waals surface area contributed by atoms with Gasteiger partial charge in [0, 0.05) is 11.4 Å². The number of rotatable bonds is 1. The SMILES string of the molecule is Cc1ccsc1-c1c(O)c2n(c1O)CCCC2. The average molecular weight is 249 g/mol. The fourth-order valence-electron chi connectivity index (χ4n) is 2.54. The highest BCUT2D eigenvalue weighted by molar-refractivity contribution is 7.13. The first-order chi connectivity index (χ1) is 8.20. The van der Waals surface area contributed by atoms with Gasteiger partial charge < -0.3 is 14.8 Å². The maximum Gasteiger partial charge on any atom is 0.204 e. The third-order valence-corrected chi connectivity index (χ3v) is 4.48. The summed E-state index contributed by atoms with van der Waals surface area (Å²) < 4.78 is 1.85. The van der Waals surface area contributed by atoms with E-state index in [1.165, 1.54) is 0 Å². The Morgan fingerprint density at radius 1 is 1.29 bits per heavy atom. The Labute approximate surface area is 104 Å². The first kappa shape index (κ1) is 10.7. The quantitative estimate of drug-likeness (QED) is 0.814. The van der Waals surface area contributed by atoms with Crippen molar-refractivity contribution in [2.45, 2.75) is 32.7 Å². The molecule has 2 N–H and O–H groups in total. The van der Waals surface area contributed by atoms with Crippen LogP contribution in [0.2, 0.25) is 0 Å². The zero-order chi connectivity index (χ0) is 12.0. The minimum atomic E-state index is 0.225. The van der Waals surface area contributed by atoms with Gasteiger partial charge in [-0.25, -0.2) is 0 Å². The molecule has 0 aromatic carbocycles. The highest BCUT2D eigenvalue weighted by atomic mass is 32.1. The van der Waals surface area contributed by atoms with E-state index in [1.54, 1.807) is 11.3 Å². The zero-order valence-electron chi connectivity index (χ0n) is 9.73. The van der Waals surface area contributed by atoms with Gasteiger partial charge in [0.2, 0.25) is 5.88 Å². The minimum absolute atomic E-state index is 0.225. The summed E-state index contributed by atoms with van der Waals surface area (Å²) in [6.45, 7) is 2.81. The van der Waals surface area contributed by atoms with Gasteiger partial charge >= 0.3 is 0 Å². The molecule has 0 radical (unpaired) electrons. The topological polar surface area (TPSA) is 45.4 Å². The number of hydrogen-bond acceptors (Lipinski definition) is 3. The van der Waals surface area contributed by atoms with E-state index in [0.717, 1.165) is 41.9 Å². The van der Waals surface area contributed by atoms with Crippen LogP contribution in [0.1, 0.15) is 24.1 Å². The molecule has 0 aliphatic carbocycles. The van der Waals surface area contributed by atoms with Crippen molar-refractivity contribution in [2.75, 3.05) is 0 Å². The number of aromatic hydroxyl groups is 2. The number of hydrogen-bond donors (Lipinski definition) is 2. The van der Waals surface area contributed by atoms with Crippen molar-refractivity contribution in [3.05, 3.63) is 22.7 Å². The highest BCUT2D eigenvalue weighted by Crippen LogP contribution is 2.47. The molecule has 0 fully saturated rings. The second-order valence-corrected chi connectivity index (χ2v) is 5.45. The molecule has 0 spiro atoms. The van der Waals surface area contributed by atoms with Crippen LogP contribution in [-0.2, 0) is 13.0 Å². The molecule has 0 bridgehead atoms. The van der Waals surface area contributed by atoms with E-state index in [4.69, 9.17) is 0 Å². The predicted molar refractivity (Wildman–Crippen MR) is 68.7 cm³/mol. The average Bonchev–Trinajstić information content (AvgIpc) is 2.84. The molecule has 1 aliphatic heterocycles. The maximum absolute atomic E-state index is 10.3. The molecular formula is C13H15NO2S. The molecule has 17 heavy (non-hydrogen) atoms. The second kappa shape index (κ2) is 3.81. The van der Waals surface area contributed by atoms with Crippen LogP contribution in [0.15, 0.2) is 11.4 Å². The van der Waals surface area contributed by atoms with Crippen molar-refractivity contribution in [1.29, 1.82) is 0 Å². The molecule has 3 rings (SSSR count). The molecule has 1 aliphatic rings. The first-order valence-corrected chi connectivity index (χ1v) is 6.76. The van der Waals surface area contributed by atoms with Gasteiger partial charge in [-0.15, -0.1) is 11.3 Å². The Morgan fingerprint density at radius 2 is 2.12 bits per heavy atom. The fourth-order valence-corrected chi connectivity index (χ4v) is 3.50. The summed E-state index contributed by atoms with van der Waals surface area (Å²) >= 11 is 1.56. The number of aryl methyl sites for hydroxylation is 1. The van der Waals surface area contributed by atoms with Gasteiger partial charge in [0.15, 0.2) is 0 Å². The van der Waals surface area contributed by atoms with Gasteiger partial charge in [0.05, 0.1) is 11.3 Å². The van der Waals surface area contributed by atoms with Crippen LogP contribution in [-0.4, -0.2) is 14.8 Å². The lowest BCUT2D eigenvalue weighted by Gasteiger charge is -2.15. The van der Waals surface area contributed by atoms with Crippen molar-refractivity contribution in [2.24, 2.45) is 0 Å². The van der Waals surface area contributed by atoms with Crippen LogP contribution in [0.5, 0.6) is 11.6 Å². The van der Waals surface area contributed by atoms with Crippen molar-refractivity contribution in [3.63, 3.8) is 0 Å². The van der Waals surface area contributed by atoms with E-state index < -0.39 is 0 Å². The predicted octanol–water partition coefficient (Wildman–Crippen LogP) is 3.27. The number of nitrogens with zero attached hydrogens (tertiary/aromatic N) is 1. The Hall–Kier alpha value is -1.42. The van der Waals surface area contributed by atoms with Crippen molar-refractivity contribution >= 4 is 11.3 Å². The van der Waals surface area contributed by atoms with Gasteiger partial charge in [-0.2, -0.15) is 0 Å². The molecule has 90 valence electrons.